The van der Waals surface area contributed by atoms with E-state index >= 15 is 0 Å². The van der Waals surface area contributed by atoms with E-state index in [1.807, 2.05) is 12.1 Å². The Morgan fingerprint density at radius 3 is 2.22 bits per heavy atom. The van der Waals surface area contributed by atoms with Crippen LogP contribution in [-0.4, -0.2) is 28.3 Å². The van der Waals surface area contributed by atoms with E-state index in [-0.39, 0.29) is 5.82 Å². The van der Waals surface area contributed by atoms with Crippen LogP contribution in [0.5, 0.6) is 0 Å². The Hall–Kier alpha value is -3.22. The van der Waals surface area contributed by atoms with Crippen molar-refractivity contribution in [3.63, 3.8) is 0 Å². The lowest BCUT2D eigenvalue weighted by atomic mass is 10.1. The van der Waals surface area contributed by atoms with Crippen molar-refractivity contribution in [1.82, 2.24) is 15.2 Å². The zero-order valence-electron chi connectivity index (χ0n) is 14.9. The molecule has 1 fully saturated rings. The normalized spacial score (nSPS) is 14.0. The van der Waals surface area contributed by atoms with Gasteiger partial charge >= 0.3 is 0 Å². The second-order valence-electron chi connectivity index (χ2n) is 6.52. The molecule has 3 aromatic rings. The first-order valence-corrected chi connectivity index (χ1v) is 9.11. The minimum atomic E-state index is -0.281. The van der Waals surface area contributed by atoms with Gasteiger partial charge in [0.2, 0.25) is 5.95 Å². The molecule has 2 N–H and O–H groups in total. The largest absolute Gasteiger partial charge is 0.372 e. The summed E-state index contributed by atoms with van der Waals surface area (Å²) in [5.74, 6) is 0.647. The van der Waals surface area contributed by atoms with Gasteiger partial charge in [0.1, 0.15) is 5.82 Å². The molecule has 2 aromatic carbocycles. The number of anilines is 5. The van der Waals surface area contributed by atoms with Crippen LogP contribution >= 0.6 is 0 Å². The van der Waals surface area contributed by atoms with E-state index in [4.69, 9.17) is 0 Å². The Morgan fingerprint density at radius 1 is 0.815 bits per heavy atom. The van der Waals surface area contributed by atoms with Gasteiger partial charge in [-0.3, -0.25) is 0 Å². The Kier molecular flexibility index (Phi) is 5.09. The summed E-state index contributed by atoms with van der Waals surface area (Å²) in [4.78, 5) is 6.81. The number of halogens is 1. The molecular formula is C20H21FN6. The van der Waals surface area contributed by atoms with Crippen molar-refractivity contribution in [3.05, 3.63) is 60.5 Å². The predicted molar refractivity (Wildman–Crippen MR) is 105 cm³/mol. The van der Waals surface area contributed by atoms with Gasteiger partial charge in [0.05, 0.1) is 6.20 Å². The van der Waals surface area contributed by atoms with Crippen LogP contribution < -0.4 is 15.5 Å². The monoisotopic (exact) mass is 364 g/mol. The number of nitrogens with one attached hydrogen (secondary N) is 2. The van der Waals surface area contributed by atoms with Gasteiger partial charge in [-0.05, 0) is 67.8 Å². The number of hydrogen-bond donors (Lipinski definition) is 2. The summed E-state index contributed by atoms with van der Waals surface area (Å²) in [6.07, 6.45) is 5.36. The van der Waals surface area contributed by atoms with Gasteiger partial charge in [-0.15, -0.1) is 5.10 Å². The average molecular weight is 364 g/mol. The van der Waals surface area contributed by atoms with E-state index in [9.17, 15) is 4.39 Å². The van der Waals surface area contributed by atoms with E-state index in [1.54, 1.807) is 12.1 Å². The zero-order chi connectivity index (χ0) is 18.5. The Bertz CT molecular complexity index is 876. The fourth-order valence-corrected chi connectivity index (χ4v) is 3.13. The molecule has 27 heavy (non-hydrogen) atoms. The predicted octanol–water partition coefficient (Wildman–Crippen LogP) is 4.49. The smallest absolute Gasteiger partial charge is 0.249 e. The molecule has 0 spiro atoms. The summed E-state index contributed by atoms with van der Waals surface area (Å²) in [7, 11) is 0. The third-order valence-electron chi connectivity index (χ3n) is 4.52. The molecule has 1 aromatic heterocycles. The molecule has 0 amide bonds. The van der Waals surface area contributed by atoms with Gasteiger partial charge in [0.15, 0.2) is 5.82 Å². The molecule has 0 aliphatic carbocycles. The average Bonchev–Trinajstić information content (AvgIpc) is 2.71. The van der Waals surface area contributed by atoms with E-state index in [0.29, 0.717) is 11.8 Å². The molecular weight excluding hydrogens is 343 g/mol. The minimum absolute atomic E-state index is 0.281. The Labute approximate surface area is 157 Å². The van der Waals surface area contributed by atoms with E-state index in [1.165, 1.54) is 43.3 Å². The molecule has 0 atom stereocenters. The number of rotatable bonds is 5. The summed E-state index contributed by atoms with van der Waals surface area (Å²) in [5.41, 5.74) is 2.87. The van der Waals surface area contributed by atoms with Crippen molar-refractivity contribution in [2.45, 2.75) is 19.3 Å². The quantitative estimate of drug-likeness (QED) is 0.695. The lowest BCUT2D eigenvalue weighted by Gasteiger charge is -2.28. The van der Waals surface area contributed by atoms with Crippen LogP contribution in [0.25, 0.3) is 0 Å². The standard InChI is InChI=1S/C20H21FN6/c21-15-4-6-16(7-5-15)23-19-14-22-26-20(25-19)24-17-8-10-18(11-9-17)27-12-2-1-3-13-27/h4-11,14H,1-3,12-13H2,(H2,23,24,25,26). The van der Waals surface area contributed by atoms with Gasteiger partial charge in [-0.2, -0.15) is 10.1 Å². The fourth-order valence-electron chi connectivity index (χ4n) is 3.13. The third kappa shape index (κ3) is 4.49. The highest BCUT2D eigenvalue weighted by atomic mass is 19.1. The summed E-state index contributed by atoms with van der Waals surface area (Å²) < 4.78 is 13.0. The first-order chi connectivity index (χ1) is 13.3. The van der Waals surface area contributed by atoms with Crippen molar-refractivity contribution in [2.75, 3.05) is 28.6 Å². The summed E-state index contributed by atoms with van der Waals surface area (Å²) in [5, 5.41) is 14.2. The SMILES string of the molecule is Fc1ccc(Nc2cnnc(Nc3ccc(N4CCCCC4)cc3)n2)cc1. The number of nitrogens with zero attached hydrogens (tertiary/aromatic N) is 4. The van der Waals surface area contributed by atoms with Crippen molar-refractivity contribution in [2.24, 2.45) is 0 Å². The summed E-state index contributed by atoms with van der Waals surface area (Å²) >= 11 is 0. The molecule has 2 heterocycles. The molecule has 6 nitrogen and oxygen atoms in total. The molecule has 0 bridgehead atoms. The lowest BCUT2D eigenvalue weighted by Crippen LogP contribution is -2.29. The summed E-state index contributed by atoms with van der Waals surface area (Å²) in [6, 6.07) is 14.3. The third-order valence-corrected chi connectivity index (χ3v) is 4.52. The van der Waals surface area contributed by atoms with Crippen LogP contribution in [-0.2, 0) is 0 Å². The maximum Gasteiger partial charge on any atom is 0.249 e. The molecule has 0 saturated carbocycles. The topological polar surface area (TPSA) is 66.0 Å². The van der Waals surface area contributed by atoms with Gasteiger partial charge in [0, 0.05) is 30.2 Å². The maximum absolute atomic E-state index is 13.0. The van der Waals surface area contributed by atoms with E-state index in [2.05, 4.69) is 42.8 Å². The van der Waals surface area contributed by atoms with E-state index < -0.39 is 0 Å². The first kappa shape index (κ1) is 17.2. The molecule has 1 aliphatic heterocycles. The fraction of sp³-hybridized carbons (Fsp3) is 0.250. The van der Waals surface area contributed by atoms with Gasteiger partial charge < -0.3 is 15.5 Å². The van der Waals surface area contributed by atoms with Crippen LogP contribution in [0.1, 0.15) is 19.3 Å². The van der Waals surface area contributed by atoms with Crippen molar-refractivity contribution < 1.29 is 4.39 Å². The van der Waals surface area contributed by atoms with Crippen LogP contribution in [0.15, 0.2) is 54.7 Å². The maximum atomic E-state index is 13.0. The molecule has 1 aliphatic rings. The molecule has 138 valence electrons. The molecule has 1 saturated heterocycles. The second kappa shape index (κ2) is 7.99. The second-order valence-corrected chi connectivity index (χ2v) is 6.52. The summed E-state index contributed by atoms with van der Waals surface area (Å²) in [6.45, 7) is 2.24. The van der Waals surface area contributed by atoms with Crippen LogP contribution in [0.3, 0.4) is 0 Å². The van der Waals surface area contributed by atoms with Crippen LogP contribution in [0, 0.1) is 5.82 Å². The van der Waals surface area contributed by atoms with E-state index in [0.717, 1.165) is 24.5 Å². The highest BCUT2D eigenvalue weighted by molar-refractivity contribution is 5.61. The molecule has 7 heteroatoms. The number of benzene rings is 2. The minimum Gasteiger partial charge on any atom is -0.372 e. The van der Waals surface area contributed by atoms with Crippen molar-refractivity contribution >= 4 is 28.8 Å². The molecule has 4 rings (SSSR count). The molecule has 0 radical (unpaired) electrons. The first-order valence-electron chi connectivity index (χ1n) is 9.11. The van der Waals surface area contributed by atoms with Gasteiger partial charge in [0.25, 0.3) is 0 Å². The number of aromatic nitrogens is 3. The van der Waals surface area contributed by atoms with Crippen molar-refractivity contribution in [1.29, 1.82) is 0 Å². The Balaban J connectivity index is 1.42. The highest BCUT2D eigenvalue weighted by Gasteiger charge is 2.10. The zero-order valence-corrected chi connectivity index (χ0v) is 14.9. The van der Waals surface area contributed by atoms with Crippen LogP contribution in [0.2, 0.25) is 0 Å². The highest BCUT2D eigenvalue weighted by Crippen LogP contribution is 2.23. The number of piperidine rings is 1. The number of hydrogen-bond acceptors (Lipinski definition) is 6. The van der Waals surface area contributed by atoms with Crippen molar-refractivity contribution in [3.8, 4) is 0 Å². The Morgan fingerprint density at radius 2 is 1.48 bits per heavy atom. The molecule has 0 unspecified atom stereocenters. The van der Waals surface area contributed by atoms with Gasteiger partial charge in [-0.1, -0.05) is 0 Å². The lowest BCUT2D eigenvalue weighted by molar-refractivity contribution is 0.578. The van der Waals surface area contributed by atoms with Crippen LogP contribution in [0.4, 0.5) is 33.2 Å². The van der Waals surface area contributed by atoms with Gasteiger partial charge in [-0.25, -0.2) is 4.39 Å².